The molecule has 12 heavy (non-hydrogen) atoms. The molecule has 6 heteroatoms. The van der Waals surface area contributed by atoms with Gasteiger partial charge in [-0.05, 0) is 38.5 Å². The predicted molar refractivity (Wildman–Crippen MR) is 59.3 cm³/mol. The summed E-state index contributed by atoms with van der Waals surface area (Å²) in [5.41, 5.74) is 0.715. The highest BCUT2D eigenvalue weighted by molar-refractivity contribution is 14.1. The number of aromatic amines is 1. The van der Waals surface area contributed by atoms with Crippen LogP contribution in [0.15, 0.2) is 10.7 Å². The van der Waals surface area contributed by atoms with Crippen LogP contribution in [0, 0.1) is 3.70 Å². The van der Waals surface area contributed by atoms with Crippen LogP contribution >= 0.6 is 50.1 Å². The third-order valence-corrected chi connectivity index (χ3v) is 3.44. The summed E-state index contributed by atoms with van der Waals surface area (Å²) in [6.45, 7) is 0. The van der Waals surface area contributed by atoms with Gasteiger partial charge in [-0.1, -0.05) is 11.6 Å². The summed E-state index contributed by atoms with van der Waals surface area (Å²) in [6.07, 6.45) is 1.65. The van der Waals surface area contributed by atoms with Crippen molar-refractivity contribution in [1.82, 2.24) is 15.2 Å². The predicted octanol–water partition coefficient (Wildman–Crippen LogP) is 2.98. The summed E-state index contributed by atoms with van der Waals surface area (Å²) in [5, 5.41) is 8.29. The van der Waals surface area contributed by atoms with Crippen molar-refractivity contribution in [3.05, 3.63) is 19.4 Å². The normalized spacial score (nSPS) is 10.9. The van der Waals surface area contributed by atoms with Crippen molar-refractivity contribution in [1.29, 1.82) is 0 Å². The van der Waals surface area contributed by atoms with E-state index in [1.54, 1.807) is 6.20 Å². The zero-order valence-corrected chi connectivity index (χ0v) is 10.1. The molecule has 0 radical (unpaired) electrons. The Morgan fingerprint density at radius 3 is 3.08 bits per heavy atom. The molecule has 3 nitrogen and oxygen atoms in total. The lowest BCUT2D eigenvalue weighted by Crippen LogP contribution is -1.78. The fraction of sp³-hybridized carbons (Fsp3) is 0. The van der Waals surface area contributed by atoms with E-state index in [4.69, 9.17) is 11.6 Å². The van der Waals surface area contributed by atoms with Crippen LogP contribution < -0.4 is 0 Å². The van der Waals surface area contributed by atoms with E-state index in [-0.39, 0.29) is 0 Å². The van der Waals surface area contributed by atoms with Gasteiger partial charge >= 0.3 is 0 Å². The van der Waals surface area contributed by atoms with Gasteiger partial charge in [-0.15, -0.1) is 0 Å². The molecule has 1 N–H and O–H groups in total. The number of nitrogens with zero attached hydrogens (tertiary/aromatic N) is 2. The van der Waals surface area contributed by atoms with Gasteiger partial charge in [0.05, 0.1) is 14.9 Å². The first-order valence-electron chi connectivity index (χ1n) is 3.03. The molecular formula is C6H2BrClIN3. The smallest absolute Gasteiger partial charge is 0.157 e. The molecule has 0 aliphatic heterocycles. The maximum atomic E-state index is 6.02. The van der Waals surface area contributed by atoms with E-state index in [9.17, 15) is 0 Å². The van der Waals surface area contributed by atoms with Crippen molar-refractivity contribution >= 4 is 61.2 Å². The Bertz CT molecular complexity index is 442. The summed E-state index contributed by atoms with van der Waals surface area (Å²) >= 11 is 11.4. The summed E-state index contributed by atoms with van der Waals surface area (Å²) in [5.74, 6) is 0. The molecule has 2 heterocycles. The van der Waals surface area contributed by atoms with Crippen molar-refractivity contribution in [2.75, 3.05) is 0 Å². The first kappa shape index (κ1) is 8.71. The maximum Gasteiger partial charge on any atom is 0.157 e. The van der Waals surface area contributed by atoms with Gasteiger partial charge in [-0.3, -0.25) is 5.10 Å². The van der Waals surface area contributed by atoms with Crippen LogP contribution in [0.1, 0.15) is 0 Å². The molecule has 0 aromatic carbocycles. The first-order chi connectivity index (χ1) is 5.70. The molecule has 0 fully saturated rings. The highest BCUT2D eigenvalue weighted by Crippen LogP contribution is 2.30. The number of aromatic nitrogens is 3. The van der Waals surface area contributed by atoms with Gasteiger partial charge in [-0.2, -0.15) is 5.10 Å². The van der Waals surface area contributed by atoms with E-state index in [1.807, 2.05) is 0 Å². The van der Waals surface area contributed by atoms with Gasteiger partial charge < -0.3 is 0 Å². The Morgan fingerprint density at radius 1 is 1.58 bits per heavy atom. The molecule has 0 spiro atoms. The number of hydrogen-bond acceptors (Lipinski definition) is 2. The Morgan fingerprint density at radius 2 is 2.33 bits per heavy atom. The molecule has 0 aliphatic rings. The SMILES string of the molecule is Clc1c(Br)cnc2[nH]nc(I)c12. The summed E-state index contributed by atoms with van der Waals surface area (Å²) < 4.78 is 1.62. The molecule has 62 valence electrons. The minimum Gasteiger partial charge on any atom is -0.260 e. The quantitative estimate of drug-likeness (QED) is 0.736. The number of pyridine rings is 1. The summed E-state index contributed by atoms with van der Waals surface area (Å²) in [4.78, 5) is 4.11. The van der Waals surface area contributed by atoms with Crippen LogP contribution in [0.2, 0.25) is 5.02 Å². The zero-order chi connectivity index (χ0) is 8.72. The lowest BCUT2D eigenvalue weighted by Gasteiger charge is -1.95. The largest absolute Gasteiger partial charge is 0.260 e. The second-order valence-corrected chi connectivity index (χ2v) is 4.41. The number of rotatable bonds is 0. The van der Waals surface area contributed by atoms with Gasteiger partial charge in [0, 0.05) is 6.20 Å². The Kier molecular flexibility index (Phi) is 2.26. The van der Waals surface area contributed by atoms with E-state index >= 15 is 0 Å². The van der Waals surface area contributed by atoms with E-state index in [0.29, 0.717) is 10.7 Å². The van der Waals surface area contributed by atoms with Crippen LogP contribution in [0.5, 0.6) is 0 Å². The van der Waals surface area contributed by atoms with E-state index in [2.05, 4.69) is 53.7 Å². The van der Waals surface area contributed by atoms with Gasteiger partial charge in [0.1, 0.15) is 3.70 Å². The molecule has 0 atom stereocenters. The van der Waals surface area contributed by atoms with Gasteiger partial charge in [-0.25, -0.2) is 4.98 Å². The van der Waals surface area contributed by atoms with Crippen LogP contribution in [-0.2, 0) is 0 Å². The molecule has 0 saturated carbocycles. The standard InChI is InChI=1S/C6H2BrClIN3/c7-2-1-10-6-3(4(2)8)5(9)11-12-6/h1H,(H,10,11,12). The molecule has 0 bridgehead atoms. The Hall–Kier alpha value is 0.120. The molecule has 0 amide bonds. The summed E-state index contributed by atoms with van der Waals surface area (Å²) in [6, 6.07) is 0. The van der Waals surface area contributed by atoms with Crippen LogP contribution in [0.4, 0.5) is 0 Å². The topological polar surface area (TPSA) is 41.6 Å². The first-order valence-corrected chi connectivity index (χ1v) is 5.28. The highest BCUT2D eigenvalue weighted by atomic mass is 127. The van der Waals surface area contributed by atoms with Crippen molar-refractivity contribution in [3.8, 4) is 0 Å². The fourth-order valence-corrected chi connectivity index (χ4v) is 2.23. The van der Waals surface area contributed by atoms with Gasteiger partial charge in [0.2, 0.25) is 0 Å². The lowest BCUT2D eigenvalue weighted by molar-refractivity contribution is 1.08. The zero-order valence-electron chi connectivity index (χ0n) is 5.61. The second-order valence-electron chi connectivity index (χ2n) is 2.16. The molecule has 2 aromatic rings. The lowest BCUT2D eigenvalue weighted by atomic mass is 10.4. The molecule has 0 aliphatic carbocycles. The van der Waals surface area contributed by atoms with Crippen molar-refractivity contribution < 1.29 is 0 Å². The average Bonchev–Trinajstić information content (AvgIpc) is 2.41. The van der Waals surface area contributed by atoms with Crippen LogP contribution in [-0.4, -0.2) is 15.2 Å². The number of H-pyrrole nitrogens is 1. The van der Waals surface area contributed by atoms with Gasteiger partial charge in [0.15, 0.2) is 5.65 Å². The van der Waals surface area contributed by atoms with E-state index in [1.165, 1.54) is 0 Å². The Labute approximate surface area is 95.2 Å². The van der Waals surface area contributed by atoms with E-state index in [0.717, 1.165) is 13.6 Å². The number of nitrogens with one attached hydrogen (secondary N) is 1. The fourth-order valence-electron chi connectivity index (χ4n) is 0.897. The molecular weight excluding hydrogens is 356 g/mol. The molecule has 0 unspecified atom stereocenters. The number of halogens is 3. The molecule has 2 rings (SSSR count). The van der Waals surface area contributed by atoms with Crippen molar-refractivity contribution in [3.63, 3.8) is 0 Å². The minimum atomic E-state index is 0.651. The minimum absolute atomic E-state index is 0.651. The average molecular weight is 358 g/mol. The monoisotopic (exact) mass is 357 g/mol. The number of hydrogen-bond donors (Lipinski definition) is 1. The van der Waals surface area contributed by atoms with Crippen LogP contribution in [0.25, 0.3) is 11.0 Å². The maximum absolute atomic E-state index is 6.02. The molecule has 0 saturated heterocycles. The molecule has 2 aromatic heterocycles. The second kappa shape index (κ2) is 3.12. The highest BCUT2D eigenvalue weighted by Gasteiger charge is 2.10. The van der Waals surface area contributed by atoms with Crippen molar-refractivity contribution in [2.45, 2.75) is 0 Å². The van der Waals surface area contributed by atoms with Gasteiger partial charge in [0.25, 0.3) is 0 Å². The number of fused-ring (bicyclic) bond motifs is 1. The Balaban J connectivity index is 2.96. The van der Waals surface area contributed by atoms with Crippen molar-refractivity contribution in [2.24, 2.45) is 0 Å². The summed E-state index contributed by atoms with van der Waals surface area (Å²) in [7, 11) is 0. The third kappa shape index (κ3) is 1.23. The van der Waals surface area contributed by atoms with E-state index < -0.39 is 0 Å². The third-order valence-electron chi connectivity index (χ3n) is 1.44. The van der Waals surface area contributed by atoms with Crippen LogP contribution in [0.3, 0.4) is 0 Å².